The molecule has 0 radical (unpaired) electrons. The molecule has 3 aromatic carbocycles. The third kappa shape index (κ3) is 3.80. The second kappa shape index (κ2) is 7.80. The molecule has 0 bridgehead atoms. The van der Waals surface area contributed by atoms with Gasteiger partial charge in [0, 0.05) is 0 Å². The second-order valence-corrected chi connectivity index (χ2v) is 9.42. The van der Waals surface area contributed by atoms with E-state index >= 15 is 0 Å². The van der Waals surface area contributed by atoms with Gasteiger partial charge in [-0.1, -0.05) is 36.4 Å². The first kappa shape index (κ1) is 21.3. The van der Waals surface area contributed by atoms with Crippen LogP contribution in [-0.2, 0) is 29.3 Å². The van der Waals surface area contributed by atoms with Crippen molar-refractivity contribution < 1.29 is 26.3 Å². The molecule has 170 valence electrons. The first-order chi connectivity index (χ1) is 15.7. The fourth-order valence-corrected chi connectivity index (χ4v) is 5.28. The van der Waals surface area contributed by atoms with Crippen LogP contribution in [0, 0.1) is 0 Å². The molecule has 0 spiro atoms. The van der Waals surface area contributed by atoms with Crippen LogP contribution in [0.1, 0.15) is 11.1 Å². The monoisotopic (exact) mass is 473 g/mol. The fraction of sp³-hybridized carbons (Fsp3) is 0.174. The topological polar surface area (TPSA) is 64.4 Å². The number of ether oxygens (including phenoxy) is 1. The highest BCUT2D eigenvalue weighted by Crippen LogP contribution is 2.36. The summed E-state index contributed by atoms with van der Waals surface area (Å²) in [5.41, 5.74) is 0.851. The van der Waals surface area contributed by atoms with Crippen molar-refractivity contribution in [2.24, 2.45) is 0 Å². The van der Waals surface area contributed by atoms with Gasteiger partial charge in [-0.2, -0.15) is 13.2 Å². The van der Waals surface area contributed by atoms with Crippen molar-refractivity contribution in [1.82, 2.24) is 9.55 Å². The third-order valence-corrected chi connectivity index (χ3v) is 7.18. The summed E-state index contributed by atoms with van der Waals surface area (Å²) < 4.78 is 74.9. The summed E-state index contributed by atoms with van der Waals surface area (Å²) >= 11 is 0. The van der Waals surface area contributed by atoms with E-state index in [4.69, 9.17) is 4.74 Å². The van der Waals surface area contributed by atoms with Gasteiger partial charge in [0.15, 0.2) is 0 Å². The van der Waals surface area contributed by atoms with E-state index in [9.17, 15) is 21.6 Å². The molecule has 33 heavy (non-hydrogen) atoms. The number of hydrogen-bond acceptors (Lipinski definition) is 4. The number of benzene rings is 3. The number of halogens is 3. The van der Waals surface area contributed by atoms with Crippen LogP contribution in [0.25, 0.3) is 11.0 Å². The number of aromatic nitrogens is 2. The zero-order valence-electron chi connectivity index (χ0n) is 17.2. The lowest BCUT2D eigenvalue weighted by Gasteiger charge is -2.26. The third-order valence-electron chi connectivity index (χ3n) is 5.44. The quantitative estimate of drug-likeness (QED) is 0.416. The molecular formula is C23H18F3N3O3S. The highest BCUT2D eigenvalue weighted by atomic mass is 32.2. The molecule has 0 fully saturated rings. The smallest absolute Gasteiger partial charge is 0.416 e. The predicted molar refractivity (Wildman–Crippen MR) is 116 cm³/mol. The van der Waals surface area contributed by atoms with Gasteiger partial charge in [0.1, 0.15) is 17.9 Å². The molecular weight excluding hydrogens is 455 g/mol. The number of rotatable bonds is 5. The van der Waals surface area contributed by atoms with Crippen LogP contribution in [-0.4, -0.2) is 24.6 Å². The van der Waals surface area contributed by atoms with Crippen LogP contribution in [0.15, 0.2) is 77.7 Å². The van der Waals surface area contributed by atoms with Crippen LogP contribution < -0.4 is 9.04 Å². The first-order valence-electron chi connectivity index (χ1n) is 10.1. The van der Waals surface area contributed by atoms with E-state index in [1.807, 2.05) is 0 Å². The largest absolute Gasteiger partial charge is 0.489 e. The van der Waals surface area contributed by atoms with E-state index in [0.29, 0.717) is 35.5 Å². The number of sulfonamides is 1. The molecule has 0 unspecified atom stereocenters. The number of nitrogens with zero attached hydrogens (tertiary/aromatic N) is 3. The molecule has 1 aliphatic heterocycles. The number of para-hydroxylation sites is 1. The van der Waals surface area contributed by atoms with Crippen molar-refractivity contribution in [1.29, 1.82) is 0 Å². The average Bonchev–Trinajstić information content (AvgIpc) is 3.18. The molecule has 4 aromatic rings. The highest BCUT2D eigenvalue weighted by molar-refractivity contribution is 7.92. The van der Waals surface area contributed by atoms with Crippen LogP contribution in [0.2, 0.25) is 0 Å². The zero-order valence-corrected chi connectivity index (χ0v) is 18.0. The summed E-state index contributed by atoms with van der Waals surface area (Å²) in [7, 11) is -4.07. The maximum atomic E-state index is 13.7. The second-order valence-electron chi connectivity index (χ2n) is 7.56. The molecule has 6 nitrogen and oxygen atoms in total. The lowest BCUT2D eigenvalue weighted by Crippen LogP contribution is -2.33. The Bertz CT molecular complexity index is 1420. The predicted octanol–water partition coefficient (Wildman–Crippen LogP) is 4.84. The van der Waals surface area contributed by atoms with E-state index in [2.05, 4.69) is 4.98 Å². The molecule has 5 rings (SSSR count). The summed E-state index contributed by atoms with van der Waals surface area (Å²) in [4.78, 5) is 4.64. The normalized spacial score (nSPS) is 13.7. The van der Waals surface area contributed by atoms with Gasteiger partial charge in [-0.05, 0) is 42.0 Å². The minimum absolute atomic E-state index is 0.0593. The van der Waals surface area contributed by atoms with Crippen LogP contribution in [0.4, 0.5) is 19.1 Å². The fourth-order valence-electron chi connectivity index (χ4n) is 3.85. The van der Waals surface area contributed by atoms with Crippen LogP contribution >= 0.6 is 0 Å². The lowest BCUT2D eigenvalue weighted by atomic mass is 10.1. The van der Waals surface area contributed by atoms with Gasteiger partial charge in [-0.25, -0.2) is 17.7 Å². The summed E-state index contributed by atoms with van der Waals surface area (Å²) in [5, 5.41) is 0. The van der Waals surface area contributed by atoms with E-state index in [1.54, 1.807) is 41.0 Å². The first-order valence-corrected chi connectivity index (χ1v) is 11.5. The minimum atomic E-state index is -4.48. The van der Waals surface area contributed by atoms with Crippen molar-refractivity contribution >= 4 is 27.0 Å². The number of anilines is 1. The molecule has 0 saturated heterocycles. The van der Waals surface area contributed by atoms with Gasteiger partial charge in [0.2, 0.25) is 5.95 Å². The average molecular weight is 473 g/mol. The van der Waals surface area contributed by atoms with E-state index in [1.165, 1.54) is 24.3 Å². The Morgan fingerprint density at radius 3 is 2.39 bits per heavy atom. The van der Waals surface area contributed by atoms with Gasteiger partial charge < -0.3 is 9.30 Å². The standard InChI is InChI=1S/C23H18F3N3O3S/c24-23(25,26)17-11-9-16(10-12-17)15-29(33(30,31)18-5-2-1-3-6-18)22-27-19-7-4-8-20-21(19)28(22)13-14-32-20/h1-12H,13-15H2. The number of hydrogen-bond donors (Lipinski definition) is 0. The molecule has 0 amide bonds. The van der Waals surface area contributed by atoms with Gasteiger partial charge in [-0.15, -0.1) is 0 Å². The van der Waals surface area contributed by atoms with Gasteiger partial charge in [0.05, 0.1) is 29.1 Å². The van der Waals surface area contributed by atoms with Gasteiger partial charge >= 0.3 is 6.18 Å². The molecule has 1 aromatic heterocycles. The Hall–Kier alpha value is -3.53. The summed E-state index contributed by atoms with van der Waals surface area (Å²) in [6.07, 6.45) is -4.48. The lowest BCUT2D eigenvalue weighted by molar-refractivity contribution is -0.137. The Morgan fingerprint density at radius 1 is 0.970 bits per heavy atom. The Balaban J connectivity index is 1.65. The zero-order chi connectivity index (χ0) is 23.2. The Morgan fingerprint density at radius 2 is 1.70 bits per heavy atom. The van der Waals surface area contributed by atoms with Gasteiger partial charge in [0.25, 0.3) is 10.0 Å². The van der Waals surface area contributed by atoms with Crippen molar-refractivity contribution in [2.75, 3.05) is 10.9 Å². The van der Waals surface area contributed by atoms with Crippen molar-refractivity contribution in [3.63, 3.8) is 0 Å². The molecule has 10 heteroatoms. The maximum absolute atomic E-state index is 13.7. The highest BCUT2D eigenvalue weighted by Gasteiger charge is 2.33. The Labute approximate surface area is 187 Å². The number of imidazole rings is 1. The van der Waals surface area contributed by atoms with Crippen LogP contribution in [0.3, 0.4) is 0 Å². The minimum Gasteiger partial charge on any atom is -0.489 e. The van der Waals surface area contributed by atoms with Crippen molar-refractivity contribution in [3.05, 3.63) is 83.9 Å². The summed E-state index contributed by atoms with van der Waals surface area (Å²) in [5.74, 6) is 0.786. The van der Waals surface area contributed by atoms with E-state index in [0.717, 1.165) is 16.4 Å². The maximum Gasteiger partial charge on any atom is 0.416 e. The summed E-state index contributed by atoms with van der Waals surface area (Å²) in [6.45, 7) is 0.542. The molecule has 0 aliphatic carbocycles. The Kier molecular flexibility index (Phi) is 5.04. The molecule has 0 atom stereocenters. The molecule has 0 N–H and O–H groups in total. The van der Waals surface area contributed by atoms with Crippen molar-refractivity contribution in [3.8, 4) is 5.75 Å². The van der Waals surface area contributed by atoms with Gasteiger partial charge in [-0.3, -0.25) is 0 Å². The SMILES string of the molecule is O=S(=O)(c1ccccc1)N(Cc1ccc(C(F)(F)F)cc1)c1nc2cccc3c2n1CCO3. The molecule has 1 aliphatic rings. The summed E-state index contributed by atoms with van der Waals surface area (Å²) in [6, 6.07) is 17.7. The van der Waals surface area contributed by atoms with E-state index in [-0.39, 0.29) is 17.4 Å². The molecule has 0 saturated carbocycles. The van der Waals surface area contributed by atoms with Crippen LogP contribution in [0.5, 0.6) is 5.75 Å². The number of alkyl halides is 3. The van der Waals surface area contributed by atoms with Crippen molar-refractivity contribution in [2.45, 2.75) is 24.2 Å². The molecule has 2 heterocycles. The van der Waals surface area contributed by atoms with E-state index < -0.39 is 21.8 Å².